The van der Waals surface area contributed by atoms with Crippen LogP contribution in [0.25, 0.3) is 0 Å². The molecular formula is C47H70O10. The van der Waals surface area contributed by atoms with Gasteiger partial charge in [-0.1, -0.05) is 66.7 Å². The largest absolute Gasteiger partial charge is 0.481 e. The van der Waals surface area contributed by atoms with Gasteiger partial charge in [0.1, 0.15) is 18.0 Å². The van der Waals surface area contributed by atoms with Crippen molar-refractivity contribution in [3.05, 3.63) is 30.3 Å². The third kappa shape index (κ3) is 9.58. The van der Waals surface area contributed by atoms with Gasteiger partial charge in [0, 0.05) is 5.92 Å². The molecule has 0 amide bonds. The predicted octanol–water partition coefficient (Wildman–Crippen LogP) is 8.92. The fourth-order valence-corrected chi connectivity index (χ4v) is 10.7. The van der Waals surface area contributed by atoms with Crippen molar-refractivity contribution in [3.63, 3.8) is 0 Å². The number of carboxylic acids is 1. The second-order valence-electron chi connectivity index (χ2n) is 19.2. The molecule has 10 heteroatoms. The van der Waals surface area contributed by atoms with Crippen LogP contribution in [-0.2, 0) is 38.1 Å². The molecule has 9 rings (SSSR count). The molecule has 4 bridgehead atoms. The number of hydrogen-bond acceptors (Lipinski definition) is 9. The van der Waals surface area contributed by atoms with Gasteiger partial charge in [-0.05, 0) is 132 Å². The van der Waals surface area contributed by atoms with Crippen LogP contribution in [0.3, 0.4) is 0 Å². The first-order valence-electron chi connectivity index (χ1n) is 22.3. The number of aliphatic carboxylic acids is 1. The zero-order valence-electron chi connectivity index (χ0n) is 35.9. The summed E-state index contributed by atoms with van der Waals surface area (Å²) in [7, 11) is 0. The van der Waals surface area contributed by atoms with Gasteiger partial charge in [0.05, 0.1) is 47.6 Å². The van der Waals surface area contributed by atoms with Crippen LogP contribution < -0.4 is 4.74 Å². The summed E-state index contributed by atoms with van der Waals surface area (Å²) in [6.07, 6.45) is 13.2. The van der Waals surface area contributed by atoms with Crippen LogP contribution >= 0.6 is 0 Å². The number of ether oxygens (including phenoxy) is 5. The minimum Gasteiger partial charge on any atom is -0.481 e. The van der Waals surface area contributed by atoms with Crippen molar-refractivity contribution in [2.45, 2.75) is 163 Å². The summed E-state index contributed by atoms with van der Waals surface area (Å²) in [6, 6.07) is 9.15. The standard InChI is InChI=1S/2C15H22O3.C12H16O2.C5H10O2/c1-3-7(2)15(16)18-11-5-8-4-10(11)13-9(8)6-12-14(13)17-12;1-3-7(2)15(16)18-11-5-8-4-9(11)10-6-12-14(17-12)13(8)10;1-4-12(2,3)11(13)14-10-8-6-5-7-9-10;1-3-4(2)5(6)7/h2*7-14H,3-6H2,1-2H3;5-9H,4H2,1-3H3;4H,3H2,1-2H3,(H,6,7). The van der Waals surface area contributed by atoms with Crippen molar-refractivity contribution in [1.29, 1.82) is 0 Å². The van der Waals surface area contributed by atoms with E-state index in [-0.39, 0.29) is 47.9 Å². The highest BCUT2D eigenvalue weighted by Gasteiger charge is 2.68. The maximum Gasteiger partial charge on any atom is 0.316 e. The number of carboxylic acid groups (broad SMARTS) is 1. The van der Waals surface area contributed by atoms with Crippen molar-refractivity contribution in [2.75, 3.05) is 0 Å². The maximum absolute atomic E-state index is 11.9. The van der Waals surface area contributed by atoms with Gasteiger partial charge in [0.15, 0.2) is 0 Å². The van der Waals surface area contributed by atoms with Gasteiger partial charge in [-0.2, -0.15) is 0 Å². The SMILES string of the molecule is CCC(C)(C)C(=O)Oc1ccccc1.CCC(C)C(=O)O.CCC(C)C(=O)OC1CC2CC1C1C2CC2OC21.CCC(C)C(=O)OC1CC2CC1C1CC3OC3C21. The number of benzene rings is 1. The van der Waals surface area contributed by atoms with E-state index in [0.29, 0.717) is 47.9 Å². The van der Waals surface area contributed by atoms with E-state index in [9.17, 15) is 19.2 Å². The Kier molecular flexibility index (Phi) is 13.8. The maximum atomic E-state index is 11.9. The summed E-state index contributed by atoms with van der Waals surface area (Å²) in [4.78, 5) is 45.4. The Morgan fingerprint density at radius 1 is 0.667 bits per heavy atom. The lowest BCUT2D eigenvalue weighted by Crippen LogP contribution is -2.35. The summed E-state index contributed by atoms with van der Waals surface area (Å²) in [6.45, 7) is 17.3. The molecule has 8 fully saturated rings. The van der Waals surface area contributed by atoms with E-state index < -0.39 is 11.4 Å². The molecule has 57 heavy (non-hydrogen) atoms. The van der Waals surface area contributed by atoms with Crippen LogP contribution in [0, 0.1) is 70.5 Å². The first kappa shape index (κ1) is 43.6. The number of carbonyl (C=O) groups excluding carboxylic acids is 3. The van der Waals surface area contributed by atoms with E-state index in [1.807, 2.05) is 73.6 Å². The highest BCUT2D eigenvalue weighted by molar-refractivity contribution is 5.78. The normalized spacial score (nSPS) is 37.8. The zero-order valence-corrected chi connectivity index (χ0v) is 35.9. The number of rotatable bonds is 11. The van der Waals surface area contributed by atoms with Crippen molar-refractivity contribution >= 4 is 23.9 Å². The molecule has 0 spiro atoms. The molecule has 1 N–H and O–H groups in total. The second kappa shape index (κ2) is 18.1. The minimum atomic E-state index is -0.706. The third-order valence-electron chi connectivity index (χ3n) is 15.4. The fourth-order valence-electron chi connectivity index (χ4n) is 10.7. The average Bonchev–Trinajstić information content (AvgIpc) is 3.66. The topological polar surface area (TPSA) is 141 Å². The molecule has 318 valence electrons. The van der Waals surface area contributed by atoms with Gasteiger partial charge in [0.25, 0.3) is 0 Å². The van der Waals surface area contributed by atoms with Crippen molar-refractivity contribution in [1.82, 2.24) is 0 Å². The summed E-state index contributed by atoms with van der Waals surface area (Å²) in [5.41, 5.74) is -0.407. The van der Waals surface area contributed by atoms with Crippen LogP contribution in [0.2, 0.25) is 0 Å². The van der Waals surface area contributed by atoms with Gasteiger partial charge in [-0.25, -0.2) is 0 Å². The highest BCUT2D eigenvalue weighted by atomic mass is 16.6. The Bertz CT molecular complexity index is 1560. The summed E-state index contributed by atoms with van der Waals surface area (Å²) in [5.74, 6) is 5.71. The molecule has 17 unspecified atom stereocenters. The van der Waals surface area contributed by atoms with Crippen molar-refractivity contribution in [2.24, 2.45) is 70.5 Å². The van der Waals surface area contributed by atoms with E-state index in [1.54, 1.807) is 19.1 Å². The Hall–Kier alpha value is -2.98. The number of para-hydroxylation sites is 1. The lowest BCUT2D eigenvalue weighted by atomic mass is 9.79. The number of epoxide rings is 2. The molecular weight excluding hydrogens is 725 g/mol. The van der Waals surface area contributed by atoms with Gasteiger partial charge in [0.2, 0.25) is 0 Å². The van der Waals surface area contributed by atoms with E-state index in [0.717, 1.165) is 68.1 Å². The highest BCUT2D eigenvalue weighted by Crippen LogP contribution is 2.66. The Morgan fingerprint density at radius 2 is 1.18 bits per heavy atom. The molecule has 0 aromatic heterocycles. The van der Waals surface area contributed by atoms with Gasteiger partial charge >= 0.3 is 23.9 Å². The lowest BCUT2D eigenvalue weighted by Gasteiger charge is -2.32. The molecule has 2 heterocycles. The zero-order chi connectivity index (χ0) is 41.3. The predicted molar refractivity (Wildman–Crippen MR) is 215 cm³/mol. The van der Waals surface area contributed by atoms with Gasteiger partial charge in [-0.3, -0.25) is 19.2 Å². The Balaban J connectivity index is 0.000000135. The van der Waals surface area contributed by atoms with Crippen LogP contribution in [-0.4, -0.2) is 65.6 Å². The van der Waals surface area contributed by atoms with Crippen molar-refractivity contribution in [3.8, 4) is 5.75 Å². The molecule has 6 saturated carbocycles. The molecule has 2 saturated heterocycles. The van der Waals surface area contributed by atoms with Crippen LogP contribution in [0.5, 0.6) is 5.75 Å². The molecule has 10 nitrogen and oxygen atoms in total. The number of fused-ring (bicyclic) bond motifs is 14. The lowest BCUT2D eigenvalue weighted by molar-refractivity contribution is -0.159. The summed E-state index contributed by atoms with van der Waals surface area (Å²) in [5, 5.41) is 8.18. The Labute approximate surface area is 340 Å². The molecule has 8 aliphatic rings. The molecule has 1 aromatic carbocycles. The molecule has 6 aliphatic carbocycles. The average molecular weight is 795 g/mol. The first-order chi connectivity index (χ1) is 27.1. The fraction of sp³-hybridized carbons (Fsp3) is 0.787. The number of esters is 3. The number of carbonyl (C=O) groups is 4. The Morgan fingerprint density at radius 3 is 1.70 bits per heavy atom. The minimum absolute atomic E-state index is 0.0119. The third-order valence-corrected chi connectivity index (χ3v) is 15.4. The summed E-state index contributed by atoms with van der Waals surface area (Å²) < 4.78 is 28.2. The molecule has 1 aromatic rings. The van der Waals surface area contributed by atoms with Gasteiger partial charge < -0.3 is 28.8 Å². The number of hydrogen-bond donors (Lipinski definition) is 1. The molecule has 17 atom stereocenters. The van der Waals surface area contributed by atoms with E-state index in [2.05, 4.69) is 0 Å². The molecule has 2 aliphatic heterocycles. The van der Waals surface area contributed by atoms with E-state index in [1.165, 1.54) is 25.7 Å². The smallest absolute Gasteiger partial charge is 0.316 e. The van der Waals surface area contributed by atoms with Crippen molar-refractivity contribution < 1.29 is 48.0 Å². The molecule has 0 radical (unpaired) electrons. The van der Waals surface area contributed by atoms with Crippen LogP contribution in [0.15, 0.2) is 30.3 Å². The second-order valence-corrected chi connectivity index (χ2v) is 19.2. The van der Waals surface area contributed by atoms with E-state index in [4.69, 9.17) is 28.8 Å². The summed E-state index contributed by atoms with van der Waals surface area (Å²) >= 11 is 0. The van der Waals surface area contributed by atoms with Crippen LogP contribution in [0.1, 0.15) is 127 Å². The first-order valence-corrected chi connectivity index (χ1v) is 22.3. The van der Waals surface area contributed by atoms with Gasteiger partial charge in [-0.15, -0.1) is 0 Å². The quantitative estimate of drug-likeness (QED) is 0.131. The monoisotopic (exact) mass is 794 g/mol. The van der Waals surface area contributed by atoms with Crippen LogP contribution in [0.4, 0.5) is 0 Å². The van der Waals surface area contributed by atoms with E-state index >= 15 is 0 Å².